The summed E-state index contributed by atoms with van der Waals surface area (Å²) in [5.74, 6) is 0. The zero-order valence-electron chi connectivity index (χ0n) is 10.5. The van der Waals surface area contributed by atoms with Gasteiger partial charge in [0, 0.05) is 11.9 Å². The van der Waals surface area contributed by atoms with E-state index in [9.17, 15) is 4.79 Å². The first-order chi connectivity index (χ1) is 8.79. The van der Waals surface area contributed by atoms with Crippen molar-refractivity contribution in [1.82, 2.24) is 9.78 Å². The number of carbonyl (C=O) groups excluding carboxylic acids is 1. The van der Waals surface area contributed by atoms with E-state index < -0.39 is 0 Å². The van der Waals surface area contributed by atoms with Gasteiger partial charge in [-0.15, -0.1) is 0 Å². The Bertz CT molecular complexity index is 505. The smallest absolute Gasteiger partial charge is 0.306 e. The largest absolute Gasteiger partial charge is 0.346 e. The number of nitrogens with one attached hydrogen (secondary N) is 1. The van der Waals surface area contributed by atoms with Gasteiger partial charge >= 0.3 is 6.03 Å². The number of carbonyl (C=O) groups is 1. The number of hydrogen-bond acceptors (Lipinski definition) is 2. The van der Waals surface area contributed by atoms with Crippen molar-refractivity contribution in [2.24, 2.45) is 0 Å². The Morgan fingerprint density at radius 3 is 2.78 bits per heavy atom. The summed E-state index contributed by atoms with van der Waals surface area (Å²) < 4.78 is 1.35. The second-order valence-electron chi connectivity index (χ2n) is 4.15. The van der Waals surface area contributed by atoms with Gasteiger partial charge in [0.05, 0.1) is 5.69 Å². The van der Waals surface area contributed by atoms with Crippen molar-refractivity contribution in [3.8, 4) is 0 Å². The molecular weight excluding hydrogens is 226 g/mol. The van der Waals surface area contributed by atoms with Gasteiger partial charge in [-0.2, -0.15) is 9.78 Å². The van der Waals surface area contributed by atoms with Crippen molar-refractivity contribution in [3.63, 3.8) is 0 Å². The number of amides is 1. The minimum Gasteiger partial charge on any atom is -0.306 e. The van der Waals surface area contributed by atoms with Crippen LogP contribution in [-0.4, -0.2) is 15.8 Å². The highest BCUT2D eigenvalue weighted by Crippen LogP contribution is 2.07. The monoisotopic (exact) mass is 243 g/mol. The standard InChI is InChI=1S/C14H17N3O/c1-2-3-7-13-10-11-17(16-13)14(18)15-12-8-5-4-6-9-12/h4-6,8-11H,2-3,7H2,1H3,(H,15,18). The van der Waals surface area contributed by atoms with E-state index in [0.717, 1.165) is 30.6 Å². The molecule has 0 unspecified atom stereocenters. The zero-order valence-corrected chi connectivity index (χ0v) is 10.5. The fourth-order valence-electron chi connectivity index (χ4n) is 1.67. The second-order valence-corrected chi connectivity index (χ2v) is 4.15. The van der Waals surface area contributed by atoms with Crippen LogP contribution in [0.2, 0.25) is 0 Å². The van der Waals surface area contributed by atoms with E-state index in [0.29, 0.717) is 0 Å². The van der Waals surface area contributed by atoms with Crippen LogP contribution < -0.4 is 5.32 Å². The van der Waals surface area contributed by atoms with Crippen molar-refractivity contribution < 1.29 is 4.79 Å². The van der Waals surface area contributed by atoms with E-state index >= 15 is 0 Å². The number of para-hydroxylation sites is 1. The van der Waals surface area contributed by atoms with Gasteiger partial charge in [-0.25, -0.2) is 4.79 Å². The fraction of sp³-hybridized carbons (Fsp3) is 0.286. The molecule has 1 amide bonds. The lowest BCUT2D eigenvalue weighted by molar-refractivity contribution is 0.251. The lowest BCUT2D eigenvalue weighted by Crippen LogP contribution is -2.20. The third-order valence-electron chi connectivity index (χ3n) is 2.66. The van der Waals surface area contributed by atoms with Gasteiger partial charge in [0.2, 0.25) is 0 Å². The highest BCUT2D eigenvalue weighted by molar-refractivity contribution is 5.90. The first kappa shape index (κ1) is 12.4. The summed E-state index contributed by atoms with van der Waals surface area (Å²) in [6.45, 7) is 2.14. The molecule has 2 aromatic rings. The third kappa shape index (κ3) is 3.20. The molecule has 0 bridgehead atoms. The van der Waals surface area contributed by atoms with Crippen molar-refractivity contribution >= 4 is 11.7 Å². The van der Waals surface area contributed by atoms with Crippen LogP contribution in [0.5, 0.6) is 0 Å². The van der Waals surface area contributed by atoms with E-state index in [1.165, 1.54) is 4.68 Å². The van der Waals surface area contributed by atoms with Gasteiger partial charge in [0.15, 0.2) is 0 Å². The molecule has 18 heavy (non-hydrogen) atoms. The summed E-state index contributed by atoms with van der Waals surface area (Å²) in [6, 6.07) is 11.0. The summed E-state index contributed by atoms with van der Waals surface area (Å²) in [5, 5.41) is 7.04. The maximum absolute atomic E-state index is 11.9. The third-order valence-corrected chi connectivity index (χ3v) is 2.66. The average Bonchev–Trinajstić information content (AvgIpc) is 2.86. The Labute approximate surface area is 107 Å². The second kappa shape index (κ2) is 6.00. The molecule has 0 spiro atoms. The normalized spacial score (nSPS) is 10.3. The van der Waals surface area contributed by atoms with E-state index in [2.05, 4.69) is 17.3 Å². The molecule has 1 aromatic heterocycles. The molecule has 2 rings (SSSR count). The molecule has 0 atom stereocenters. The molecule has 0 aliphatic rings. The quantitative estimate of drug-likeness (QED) is 0.895. The Hall–Kier alpha value is -2.10. The van der Waals surface area contributed by atoms with Crippen molar-refractivity contribution in [2.45, 2.75) is 26.2 Å². The summed E-state index contributed by atoms with van der Waals surface area (Å²) in [7, 11) is 0. The Morgan fingerprint density at radius 1 is 1.28 bits per heavy atom. The molecular formula is C14H17N3O. The van der Waals surface area contributed by atoms with Crippen LogP contribution in [0.25, 0.3) is 0 Å². The van der Waals surface area contributed by atoms with Gasteiger partial charge in [-0.05, 0) is 31.0 Å². The SMILES string of the molecule is CCCCc1ccn(C(=O)Nc2ccccc2)n1. The summed E-state index contributed by atoms with van der Waals surface area (Å²) in [5.41, 5.74) is 1.73. The number of rotatable bonds is 4. The number of aryl methyl sites for hydroxylation is 1. The molecule has 0 saturated carbocycles. The van der Waals surface area contributed by atoms with Crippen molar-refractivity contribution in [1.29, 1.82) is 0 Å². The van der Waals surface area contributed by atoms with Crippen LogP contribution in [0.3, 0.4) is 0 Å². The van der Waals surface area contributed by atoms with Crippen LogP contribution in [0.15, 0.2) is 42.6 Å². The van der Waals surface area contributed by atoms with Crippen molar-refractivity contribution in [2.75, 3.05) is 5.32 Å². The molecule has 0 fully saturated rings. The molecule has 1 heterocycles. The topological polar surface area (TPSA) is 46.9 Å². The van der Waals surface area contributed by atoms with Gasteiger partial charge in [0.25, 0.3) is 0 Å². The molecule has 1 N–H and O–H groups in total. The number of hydrogen-bond donors (Lipinski definition) is 1. The molecule has 0 radical (unpaired) electrons. The minimum atomic E-state index is -0.232. The van der Waals surface area contributed by atoms with E-state index in [1.807, 2.05) is 36.4 Å². The van der Waals surface area contributed by atoms with Crippen molar-refractivity contribution in [3.05, 3.63) is 48.3 Å². The number of benzene rings is 1. The predicted octanol–water partition coefficient (Wildman–Crippen LogP) is 3.31. The first-order valence-electron chi connectivity index (χ1n) is 6.20. The molecule has 0 aliphatic carbocycles. The molecule has 4 heteroatoms. The Kier molecular flexibility index (Phi) is 4.12. The van der Waals surface area contributed by atoms with E-state index in [1.54, 1.807) is 6.20 Å². The minimum absolute atomic E-state index is 0.232. The van der Waals surface area contributed by atoms with Crippen LogP contribution in [0.1, 0.15) is 25.5 Å². The van der Waals surface area contributed by atoms with E-state index in [-0.39, 0.29) is 6.03 Å². The number of nitrogens with zero attached hydrogens (tertiary/aromatic N) is 2. The lowest BCUT2D eigenvalue weighted by atomic mass is 10.2. The van der Waals surface area contributed by atoms with Crippen LogP contribution >= 0.6 is 0 Å². The van der Waals surface area contributed by atoms with Gasteiger partial charge in [-0.1, -0.05) is 31.5 Å². The number of anilines is 1. The predicted molar refractivity (Wildman–Crippen MR) is 71.7 cm³/mol. The van der Waals surface area contributed by atoms with Crippen LogP contribution in [0.4, 0.5) is 10.5 Å². The highest BCUT2D eigenvalue weighted by Gasteiger charge is 2.06. The van der Waals surface area contributed by atoms with Gasteiger partial charge in [-0.3, -0.25) is 0 Å². The van der Waals surface area contributed by atoms with E-state index in [4.69, 9.17) is 0 Å². The zero-order chi connectivity index (χ0) is 12.8. The van der Waals surface area contributed by atoms with Gasteiger partial charge in [0.1, 0.15) is 0 Å². The summed E-state index contributed by atoms with van der Waals surface area (Å²) >= 11 is 0. The molecule has 1 aromatic carbocycles. The lowest BCUT2D eigenvalue weighted by Gasteiger charge is -2.03. The highest BCUT2D eigenvalue weighted by atomic mass is 16.2. The average molecular weight is 243 g/mol. The van der Waals surface area contributed by atoms with Gasteiger partial charge < -0.3 is 5.32 Å². The summed E-state index contributed by atoms with van der Waals surface area (Å²) in [4.78, 5) is 11.9. The molecule has 0 aliphatic heterocycles. The van der Waals surface area contributed by atoms with Crippen LogP contribution in [0, 0.1) is 0 Å². The molecule has 0 saturated heterocycles. The first-order valence-corrected chi connectivity index (χ1v) is 6.20. The number of unbranched alkanes of at least 4 members (excludes halogenated alkanes) is 1. The molecule has 94 valence electrons. The Morgan fingerprint density at radius 2 is 2.06 bits per heavy atom. The maximum atomic E-state index is 11.9. The Balaban J connectivity index is 1.99. The summed E-state index contributed by atoms with van der Waals surface area (Å²) in [6.07, 6.45) is 4.84. The number of aromatic nitrogens is 2. The maximum Gasteiger partial charge on any atom is 0.346 e. The molecule has 4 nitrogen and oxygen atoms in total. The fourth-order valence-corrected chi connectivity index (χ4v) is 1.67. The van der Waals surface area contributed by atoms with Crippen LogP contribution in [-0.2, 0) is 6.42 Å².